The van der Waals surface area contributed by atoms with Crippen LogP contribution in [0.5, 0.6) is 0 Å². The van der Waals surface area contributed by atoms with Crippen molar-refractivity contribution in [3.8, 4) is 0 Å². The second-order valence-electron chi connectivity index (χ2n) is 7.09. The molecule has 0 saturated heterocycles. The Bertz CT molecular complexity index is 253. The van der Waals surface area contributed by atoms with E-state index in [1.807, 2.05) is 0 Å². The molecule has 0 aliphatic heterocycles. The summed E-state index contributed by atoms with van der Waals surface area (Å²) in [5.74, 6) is 2.36. The molecule has 2 heteroatoms. The Labute approximate surface area is 107 Å². The van der Waals surface area contributed by atoms with Gasteiger partial charge in [-0.15, -0.1) is 0 Å². The monoisotopic (exact) mass is 238 g/mol. The van der Waals surface area contributed by atoms with Crippen molar-refractivity contribution in [2.75, 3.05) is 0 Å². The normalized spacial score (nSPS) is 48.0. The molecule has 2 rings (SSSR count). The molecule has 4 N–H and O–H groups in total. The van der Waals surface area contributed by atoms with Crippen LogP contribution in [0.25, 0.3) is 0 Å². The molecule has 0 aromatic rings. The van der Waals surface area contributed by atoms with E-state index in [9.17, 15) is 0 Å². The lowest BCUT2D eigenvalue weighted by Crippen LogP contribution is -2.46. The first kappa shape index (κ1) is 13.4. The highest BCUT2D eigenvalue weighted by Crippen LogP contribution is 2.39. The van der Waals surface area contributed by atoms with Gasteiger partial charge in [-0.25, -0.2) is 0 Å². The largest absolute Gasteiger partial charge is 0.327 e. The van der Waals surface area contributed by atoms with Crippen molar-refractivity contribution in [2.24, 2.45) is 29.2 Å². The van der Waals surface area contributed by atoms with E-state index < -0.39 is 0 Å². The van der Waals surface area contributed by atoms with Gasteiger partial charge in [0.1, 0.15) is 0 Å². The summed E-state index contributed by atoms with van der Waals surface area (Å²) in [5.41, 5.74) is 12.9. The van der Waals surface area contributed by atoms with Gasteiger partial charge < -0.3 is 11.5 Å². The summed E-state index contributed by atoms with van der Waals surface area (Å²) in [7, 11) is 0. The molecular weight excluding hydrogens is 208 g/mol. The third kappa shape index (κ3) is 3.45. The summed E-state index contributed by atoms with van der Waals surface area (Å²) in [4.78, 5) is 0. The van der Waals surface area contributed by atoms with E-state index in [0.717, 1.165) is 11.8 Å². The molecule has 2 aliphatic rings. The second-order valence-corrected chi connectivity index (χ2v) is 7.09. The van der Waals surface area contributed by atoms with Crippen molar-refractivity contribution in [2.45, 2.75) is 76.8 Å². The molecule has 2 nitrogen and oxygen atoms in total. The van der Waals surface area contributed by atoms with Gasteiger partial charge in [-0.1, -0.05) is 26.7 Å². The number of nitrogens with two attached hydrogens (primary N) is 2. The van der Waals surface area contributed by atoms with Crippen LogP contribution in [0, 0.1) is 17.8 Å². The van der Waals surface area contributed by atoms with E-state index in [0.29, 0.717) is 12.0 Å². The molecule has 2 aliphatic carbocycles. The topological polar surface area (TPSA) is 52.0 Å². The van der Waals surface area contributed by atoms with Crippen molar-refractivity contribution in [1.29, 1.82) is 0 Å². The quantitative estimate of drug-likeness (QED) is 0.777. The van der Waals surface area contributed by atoms with Crippen LogP contribution in [-0.4, -0.2) is 11.6 Å². The maximum Gasteiger partial charge on any atom is 0.0159 e. The molecule has 0 heterocycles. The Hall–Kier alpha value is -0.0800. The molecule has 5 atom stereocenters. The predicted octanol–water partition coefficient (Wildman–Crippen LogP) is 3.05. The van der Waals surface area contributed by atoms with E-state index in [1.54, 1.807) is 0 Å². The molecule has 2 fully saturated rings. The van der Waals surface area contributed by atoms with Crippen molar-refractivity contribution < 1.29 is 0 Å². The minimum atomic E-state index is 0.142. The van der Waals surface area contributed by atoms with Gasteiger partial charge in [0.15, 0.2) is 0 Å². The van der Waals surface area contributed by atoms with Crippen LogP contribution in [0.1, 0.15) is 65.2 Å². The van der Waals surface area contributed by atoms with Crippen molar-refractivity contribution >= 4 is 0 Å². The van der Waals surface area contributed by atoms with Gasteiger partial charge in [0, 0.05) is 11.6 Å². The Balaban J connectivity index is 1.87. The lowest BCUT2D eigenvalue weighted by atomic mass is 9.68. The van der Waals surface area contributed by atoms with Crippen molar-refractivity contribution in [3.05, 3.63) is 0 Å². The molecule has 5 unspecified atom stereocenters. The number of hydrogen-bond acceptors (Lipinski definition) is 2. The predicted molar refractivity (Wildman–Crippen MR) is 73.6 cm³/mol. The standard InChI is InChI=1S/C15H30N2/c1-11-4-3-7-15(17,9-11)10-13-5-6-14(16)12(2)8-13/h11-14H,3-10,16-17H2,1-2H3. The first-order chi connectivity index (χ1) is 7.98. The van der Waals surface area contributed by atoms with Gasteiger partial charge >= 0.3 is 0 Å². The smallest absolute Gasteiger partial charge is 0.0159 e. The lowest BCUT2D eigenvalue weighted by molar-refractivity contribution is 0.153. The summed E-state index contributed by atoms with van der Waals surface area (Å²) in [6.45, 7) is 4.67. The third-order valence-electron chi connectivity index (χ3n) is 5.17. The van der Waals surface area contributed by atoms with E-state index in [-0.39, 0.29) is 5.54 Å². The fraction of sp³-hybridized carbons (Fsp3) is 1.00. The SMILES string of the molecule is CC1CCCC(N)(CC2CCC(N)C(C)C2)C1. The maximum absolute atomic E-state index is 6.63. The average Bonchev–Trinajstić information content (AvgIpc) is 2.22. The molecular formula is C15H30N2. The number of rotatable bonds is 2. The van der Waals surface area contributed by atoms with Gasteiger partial charge in [0.2, 0.25) is 0 Å². The Kier molecular flexibility index (Phi) is 4.14. The Morgan fingerprint density at radius 1 is 1.18 bits per heavy atom. The first-order valence-corrected chi connectivity index (χ1v) is 7.53. The summed E-state index contributed by atoms with van der Waals surface area (Å²) in [6.07, 6.45) is 10.3. The zero-order chi connectivity index (χ0) is 12.5. The summed E-state index contributed by atoms with van der Waals surface area (Å²) >= 11 is 0. The van der Waals surface area contributed by atoms with Crippen LogP contribution >= 0.6 is 0 Å². The first-order valence-electron chi connectivity index (χ1n) is 7.53. The van der Waals surface area contributed by atoms with Gasteiger partial charge in [-0.05, 0) is 56.3 Å². The van der Waals surface area contributed by atoms with E-state index >= 15 is 0 Å². The van der Waals surface area contributed by atoms with Gasteiger partial charge in [0.25, 0.3) is 0 Å². The van der Waals surface area contributed by atoms with Crippen LogP contribution in [0.15, 0.2) is 0 Å². The van der Waals surface area contributed by atoms with E-state index in [1.165, 1.54) is 51.4 Å². The fourth-order valence-electron chi connectivity index (χ4n) is 4.18. The molecule has 0 aromatic heterocycles. The molecule has 0 amide bonds. The molecule has 17 heavy (non-hydrogen) atoms. The highest BCUT2D eigenvalue weighted by molar-refractivity contribution is 4.93. The van der Waals surface area contributed by atoms with Crippen LogP contribution in [-0.2, 0) is 0 Å². The fourth-order valence-corrected chi connectivity index (χ4v) is 4.18. The average molecular weight is 238 g/mol. The highest BCUT2D eigenvalue weighted by atomic mass is 14.8. The van der Waals surface area contributed by atoms with Crippen LogP contribution in [0.2, 0.25) is 0 Å². The van der Waals surface area contributed by atoms with Gasteiger partial charge in [0.05, 0.1) is 0 Å². The molecule has 100 valence electrons. The van der Waals surface area contributed by atoms with Crippen molar-refractivity contribution in [3.63, 3.8) is 0 Å². The van der Waals surface area contributed by atoms with E-state index in [2.05, 4.69) is 13.8 Å². The van der Waals surface area contributed by atoms with Crippen LogP contribution < -0.4 is 11.5 Å². The lowest BCUT2D eigenvalue weighted by Gasteiger charge is -2.42. The van der Waals surface area contributed by atoms with Gasteiger partial charge in [-0.2, -0.15) is 0 Å². The molecule has 0 aromatic carbocycles. The van der Waals surface area contributed by atoms with E-state index in [4.69, 9.17) is 11.5 Å². The summed E-state index contributed by atoms with van der Waals surface area (Å²) in [6, 6.07) is 0.435. The maximum atomic E-state index is 6.63. The molecule has 0 bridgehead atoms. The van der Waals surface area contributed by atoms with Gasteiger partial charge in [-0.3, -0.25) is 0 Å². The number of hydrogen-bond donors (Lipinski definition) is 2. The minimum absolute atomic E-state index is 0.142. The van der Waals surface area contributed by atoms with Crippen LogP contribution in [0.3, 0.4) is 0 Å². The molecule has 0 radical (unpaired) electrons. The van der Waals surface area contributed by atoms with Crippen molar-refractivity contribution in [1.82, 2.24) is 0 Å². The Morgan fingerprint density at radius 2 is 1.94 bits per heavy atom. The zero-order valence-electron chi connectivity index (χ0n) is 11.6. The summed E-state index contributed by atoms with van der Waals surface area (Å²) in [5, 5.41) is 0. The molecule has 0 spiro atoms. The minimum Gasteiger partial charge on any atom is -0.327 e. The third-order valence-corrected chi connectivity index (χ3v) is 5.17. The van der Waals surface area contributed by atoms with Crippen LogP contribution in [0.4, 0.5) is 0 Å². The highest BCUT2D eigenvalue weighted by Gasteiger charge is 2.35. The summed E-state index contributed by atoms with van der Waals surface area (Å²) < 4.78 is 0. The molecule has 2 saturated carbocycles. The Morgan fingerprint density at radius 3 is 2.59 bits per heavy atom. The second kappa shape index (κ2) is 5.27. The zero-order valence-corrected chi connectivity index (χ0v) is 11.6.